The number of carboxylic acids is 1. The van der Waals surface area contributed by atoms with Crippen LogP contribution >= 0.6 is 0 Å². The maximum atomic E-state index is 11.6. The zero-order chi connectivity index (χ0) is 12.8. The lowest BCUT2D eigenvalue weighted by molar-refractivity contribution is -0.139. The molecule has 0 aromatic carbocycles. The Kier molecular flexibility index (Phi) is 5.21. The Morgan fingerprint density at radius 2 is 2.24 bits per heavy atom. The van der Waals surface area contributed by atoms with E-state index < -0.39 is 12.0 Å². The van der Waals surface area contributed by atoms with E-state index in [1.54, 1.807) is 0 Å². The molecule has 1 aliphatic rings. The summed E-state index contributed by atoms with van der Waals surface area (Å²) in [6.07, 6.45) is 2.09. The van der Waals surface area contributed by atoms with Crippen LogP contribution in [-0.2, 0) is 4.79 Å². The number of carbonyl (C=O) groups excluding carboxylic acids is 1. The van der Waals surface area contributed by atoms with Crippen LogP contribution in [0.4, 0.5) is 4.79 Å². The molecule has 0 aromatic rings. The van der Waals surface area contributed by atoms with Crippen LogP contribution in [0.25, 0.3) is 0 Å². The molecule has 0 spiro atoms. The number of aliphatic carboxylic acids is 1. The van der Waals surface area contributed by atoms with Crippen molar-refractivity contribution in [2.24, 2.45) is 0 Å². The van der Waals surface area contributed by atoms with Crippen LogP contribution < -0.4 is 10.6 Å². The lowest BCUT2D eigenvalue weighted by Gasteiger charge is -2.17. The van der Waals surface area contributed by atoms with E-state index in [-0.39, 0.29) is 12.1 Å². The molecule has 17 heavy (non-hydrogen) atoms. The van der Waals surface area contributed by atoms with Gasteiger partial charge in [-0.2, -0.15) is 0 Å². The van der Waals surface area contributed by atoms with Gasteiger partial charge in [0.25, 0.3) is 0 Å². The Balaban J connectivity index is 2.34. The first-order valence-electron chi connectivity index (χ1n) is 6.01. The van der Waals surface area contributed by atoms with Crippen LogP contribution in [0.1, 0.15) is 26.2 Å². The fourth-order valence-corrected chi connectivity index (χ4v) is 1.98. The molecule has 2 atom stereocenters. The molecule has 1 rings (SSSR count). The van der Waals surface area contributed by atoms with Gasteiger partial charge < -0.3 is 20.6 Å². The standard InChI is InChI=1S/C11H21N3O3/c1-3-4-9(10(15)16)13-11(17)12-8-5-6-14(2)7-8/h8-9H,3-7H2,1-2H3,(H,15,16)(H2,12,13,17)/t8?,9-/m1/s1. The summed E-state index contributed by atoms with van der Waals surface area (Å²) < 4.78 is 0. The lowest BCUT2D eigenvalue weighted by atomic mass is 10.2. The number of carbonyl (C=O) groups is 2. The predicted molar refractivity (Wildman–Crippen MR) is 63.9 cm³/mol. The number of carboxylic acid groups (broad SMARTS) is 1. The fraction of sp³-hybridized carbons (Fsp3) is 0.818. The molecule has 98 valence electrons. The molecular weight excluding hydrogens is 222 g/mol. The Morgan fingerprint density at radius 3 is 2.71 bits per heavy atom. The topological polar surface area (TPSA) is 81.7 Å². The number of likely N-dealkylation sites (N-methyl/N-ethyl adjacent to an activating group) is 1. The van der Waals surface area contributed by atoms with E-state index in [1.807, 2.05) is 14.0 Å². The zero-order valence-electron chi connectivity index (χ0n) is 10.4. The van der Waals surface area contributed by atoms with Crippen molar-refractivity contribution < 1.29 is 14.7 Å². The number of rotatable bonds is 5. The largest absolute Gasteiger partial charge is 0.480 e. The van der Waals surface area contributed by atoms with Gasteiger partial charge in [0.1, 0.15) is 6.04 Å². The first-order valence-corrected chi connectivity index (χ1v) is 6.01. The van der Waals surface area contributed by atoms with Gasteiger partial charge in [-0.05, 0) is 26.4 Å². The Hall–Kier alpha value is -1.30. The third kappa shape index (κ3) is 4.60. The van der Waals surface area contributed by atoms with Crippen LogP contribution in [0.15, 0.2) is 0 Å². The molecule has 2 amide bonds. The third-order valence-corrected chi connectivity index (χ3v) is 2.91. The highest BCUT2D eigenvalue weighted by Gasteiger charge is 2.23. The quantitative estimate of drug-likeness (QED) is 0.646. The van der Waals surface area contributed by atoms with Crippen LogP contribution in [0, 0.1) is 0 Å². The molecule has 1 unspecified atom stereocenters. The van der Waals surface area contributed by atoms with Gasteiger partial charge in [-0.1, -0.05) is 13.3 Å². The maximum absolute atomic E-state index is 11.6. The molecular formula is C11H21N3O3. The number of nitrogens with zero attached hydrogens (tertiary/aromatic N) is 1. The van der Waals surface area contributed by atoms with Crippen molar-refractivity contribution in [3.63, 3.8) is 0 Å². The average Bonchev–Trinajstić information content (AvgIpc) is 2.63. The Morgan fingerprint density at radius 1 is 1.53 bits per heavy atom. The number of hydrogen-bond acceptors (Lipinski definition) is 3. The molecule has 1 aliphatic heterocycles. The second kappa shape index (κ2) is 6.44. The second-order valence-corrected chi connectivity index (χ2v) is 4.55. The molecule has 0 aromatic heterocycles. The van der Waals surface area contributed by atoms with Gasteiger partial charge in [-0.3, -0.25) is 0 Å². The van der Waals surface area contributed by atoms with Gasteiger partial charge in [0.15, 0.2) is 0 Å². The molecule has 1 fully saturated rings. The summed E-state index contributed by atoms with van der Waals surface area (Å²) in [5, 5.41) is 14.2. The van der Waals surface area contributed by atoms with Crippen LogP contribution in [0.3, 0.4) is 0 Å². The van der Waals surface area contributed by atoms with Gasteiger partial charge in [0.2, 0.25) is 0 Å². The highest BCUT2D eigenvalue weighted by Crippen LogP contribution is 2.06. The maximum Gasteiger partial charge on any atom is 0.326 e. The smallest absolute Gasteiger partial charge is 0.326 e. The predicted octanol–water partition coefficient (Wildman–Crippen LogP) is 0.243. The van der Waals surface area contributed by atoms with Crippen molar-refractivity contribution in [2.45, 2.75) is 38.3 Å². The van der Waals surface area contributed by atoms with Gasteiger partial charge in [0.05, 0.1) is 0 Å². The molecule has 6 nitrogen and oxygen atoms in total. The zero-order valence-corrected chi connectivity index (χ0v) is 10.4. The minimum Gasteiger partial charge on any atom is -0.480 e. The summed E-state index contributed by atoms with van der Waals surface area (Å²) in [5.41, 5.74) is 0. The van der Waals surface area contributed by atoms with Gasteiger partial charge >= 0.3 is 12.0 Å². The van der Waals surface area contributed by atoms with Crippen molar-refractivity contribution in [3.8, 4) is 0 Å². The molecule has 0 radical (unpaired) electrons. The minimum atomic E-state index is -0.981. The van der Waals surface area contributed by atoms with Crippen molar-refractivity contribution in [1.82, 2.24) is 15.5 Å². The van der Waals surface area contributed by atoms with E-state index >= 15 is 0 Å². The van der Waals surface area contributed by atoms with Crippen molar-refractivity contribution in [3.05, 3.63) is 0 Å². The second-order valence-electron chi connectivity index (χ2n) is 4.55. The van der Waals surface area contributed by atoms with E-state index in [2.05, 4.69) is 15.5 Å². The highest BCUT2D eigenvalue weighted by molar-refractivity contribution is 5.82. The summed E-state index contributed by atoms with van der Waals surface area (Å²) in [4.78, 5) is 24.6. The van der Waals surface area contributed by atoms with Crippen molar-refractivity contribution >= 4 is 12.0 Å². The molecule has 1 heterocycles. The summed E-state index contributed by atoms with van der Waals surface area (Å²) in [5.74, 6) is -0.981. The van der Waals surface area contributed by atoms with Crippen LogP contribution in [0.2, 0.25) is 0 Å². The van der Waals surface area contributed by atoms with Crippen molar-refractivity contribution in [2.75, 3.05) is 20.1 Å². The summed E-state index contributed by atoms with van der Waals surface area (Å²) in [7, 11) is 2.00. The Labute approximate surface area is 101 Å². The van der Waals surface area contributed by atoms with Gasteiger partial charge in [-0.25, -0.2) is 9.59 Å². The van der Waals surface area contributed by atoms with Crippen LogP contribution in [-0.4, -0.2) is 54.2 Å². The molecule has 6 heteroatoms. The summed E-state index contributed by atoms with van der Waals surface area (Å²) in [6.45, 7) is 3.67. The van der Waals surface area contributed by atoms with E-state index in [4.69, 9.17) is 5.11 Å². The van der Waals surface area contributed by atoms with E-state index in [0.29, 0.717) is 6.42 Å². The SMILES string of the molecule is CCC[C@@H](NC(=O)NC1CCN(C)C1)C(=O)O. The number of amides is 2. The fourth-order valence-electron chi connectivity index (χ4n) is 1.98. The van der Waals surface area contributed by atoms with Gasteiger partial charge in [-0.15, -0.1) is 0 Å². The van der Waals surface area contributed by atoms with Gasteiger partial charge in [0, 0.05) is 12.6 Å². The lowest BCUT2D eigenvalue weighted by Crippen LogP contribution is -2.49. The third-order valence-electron chi connectivity index (χ3n) is 2.91. The highest BCUT2D eigenvalue weighted by atomic mass is 16.4. The molecule has 0 aliphatic carbocycles. The normalized spacial score (nSPS) is 22.1. The first kappa shape index (κ1) is 13.8. The average molecular weight is 243 g/mol. The number of hydrogen-bond donors (Lipinski definition) is 3. The van der Waals surface area contributed by atoms with E-state index in [9.17, 15) is 9.59 Å². The van der Waals surface area contributed by atoms with E-state index in [0.717, 1.165) is 25.9 Å². The number of likely N-dealkylation sites (tertiary alicyclic amines) is 1. The van der Waals surface area contributed by atoms with Crippen molar-refractivity contribution in [1.29, 1.82) is 0 Å². The van der Waals surface area contributed by atoms with E-state index in [1.165, 1.54) is 0 Å². The first-order chi connectivity index (χ1) is 8.02. The minimum absolute atomic E-state index is 0.121. The molecule has 3 N–H and O–H groups in total. The molecule has 0 saturated carbocycles. The monoisotopic (exact) mass is 243 g/mol. The Bertz CT molecular complexity index is 283. The number of nitrogens with one attached hydrogen (secondary N) is 2. The molecule has 1 saturated heterocycles. The number of urea groups is 1. The summed E-state index contributed by atoms with van der Waals surface area (Å²) in [6, 6.07) is -1.05. The molecule has 0 bridgehead atoms. The summed E-state index contributed by atoms with van der Waals surface area (Å²) >= 11 is 0. The van der Waals surface area contributed by atoms with Crippen LogP contribution in [0.5, 0.6) is 0 Å².